The molecule has 3 aliphatic heterocycles. The van der Waals surface area contributed by atoms with E-state index in [-0.39, 0.29) is 6.54 Å². The average Bonchev–Trinajstić information content (AvgIpc) is 3.10. The molecule has 0 saturated carbocycles. The van der Waals surface area contributed by atoms with E-state index in [0.717, 1.165) is 0 Å². The smallest absolute Gasteiger partial charge is 0.219 e. The van der Waals surface area contributed by atoms with Crippen molar-refractivity contribution in [1.29, 1.82) is 0 Å². The summed E-state index contributed by atoms with van der Waals surface area (Å²) in [6.07, 6.45) is -17.2. The van der Waals surface area contributed by atoms with Crippen molar-refractivity contribution in [3.05, 3.63) is 0 Å². The quantitative estimate of drug-likeness (QED) is 0.177. The number of β-amino-alcohol motifs (C(OH)–C–C–N with tert-alkyl or cyclic N) is 1. The second kappa shape index (κ2) is 10.7. The predicted molar refractivity (Wildman–Crippen MR) is 104 cm³/mol. The highest BCUT2D eigenvalue weighted by molar-refractivity contribution is 5.74. The van der Waals surface area contributed by atoms with Crippen LogP contribution in [0.15, 0.2) is 0 Å². The molecule has 1 amide bonds. The Hall–Kier alpha value is -1.01. The largest absolute Gasteiger partial charge is 0.394 e. The molecule has 0 unspecified atom stereocenters. The van der Waals surface area contributed by atoms with E-state index < -0.39 is 98.8 Å². The molecule has 3 aliphatic rings. The molecule has 3 heterocycles. The molecule has 3 fully saturated rings. The summed E-state index contributed by atoms with van der Waals surface area (Å²) in [7, 11) is 0. The van der Waals surface area contributed by atoms with Crippen molar-refractivity contribution in [2.45, 2.75) is 93.5 Å². The monoisotopic (exact) mass is 483 g/mol. The number of carbonyl (C=O) groups excluding carboxylic acids is 1. The lowest BCUT2D eigenvalue weighted by atomic mass is 9.97. The normalized spacial score (nSPS) is 48.8. The topological polar surface area (TPSA) is 219 Å². The van der Waals surface area contributed by atoms with Gasteiger partial charge in [0.05, 0.1) is 31.5 Å². The van der Waals surface area contributed by atoms with Crippen LogP contribution in [0.3, 0.4) is 0 Å². The summed E-state index contributed by atoms with van der Waals surface area (Å²) >= 11 is 0. The van der Waals surface area contributed by atoms with E-state index in [1.165, 1.54) is 18.7 Å². The van der Waals surface area contributed by atoms with Crippen LogP contribution in [-0.4, -0.2) is 151 Å². The van der Waals surface area contributed by atoms with Gasteiger partial charge in [-0.25, -0.2) is 0 Å². The summed E-state index contributed by atoms with van der Waals surface area (Å²) in [5.41, 5.74) is 0. The Labute approximate surface area is 189 Å². The average molecular weight is 483 g/mol. The van der Waals surface area contributed by atoms with Crippen LogP contribution in [0.4, 0.5) is 0 Å². The van der Waals surface area contributed by atoms with E-state index >= 15 is 0 Å². The Morgan fingerprint density at radius 1 is 0.848 bits per heavy atom. The van der Waals surface area contributed by atoms with Gasteiger partial charge >= 0.3 is 0 Å². The van der Waals surface area contributed by atoms with Gasteiger partial charge < -0.3 is 64.7 Å². The molecule has 0 spiro atoms. The first-order chi connectivity index (χ1) is 15.5. The van der Waals surface area contributed by atoms with Crippen molar-refractivity contribution < 1.29 is 64.6 Å². The molecule has 0 aromatic rings. The molecule has 0 aromatic carbocycles. The number of rotatable bonds is 6. The van der Waals surface area contributed by atoms with Crippen LogP contribution >= 0.6 is 0 Å². The van der Waals surface area contributed by atoms with Crippen LogP contribution < -0.4 is 0 Å². The number of carbonyl (C=O) groups is 1. The van der Waals surface area contributed by atoms with Gasteiger partial charge in [-0.05, 0) is 6.92 Å². The maximum Gasteiger partial charge on any atom is 0.219 e. The summed E-state index contributed by atoms with van der Waals surface area (Å²) in [4.78, 5) is 13.0. The zero-order valence-corrected chi connectivity index (χ0v) is 18.2. The van der Waals surface area contributed by atoms with Crippen LogP contribution in [0.1, 0.15) is 13.8 Å². The Kier molecular flexibility index (Phi) is 8.64. The van der Waals surface area contributed by atoms with Crippen molar-refractivity contribution in [2.24, 2.45) is 0 Å². The minimum Gasteiger partial charge on any atom is -0.394 e. The third-order valence-electron chi connectivity index (χ3n) is 6.35. The predicted octanol–water partition coefficient (Wildman–Crippen LogP) is -5.39. The van der Waals surface area contributed by atoms with Crippen molar-refractivity contribution in [3.8, 4) is 0 Å². The van der Waals surface area contributed by atoms with Gasteiger partial charge in [0.25, 0.3) is 0 Å². The van der Waals surface area contributed by atoms with Gasteiger partial charge in [-0.1, -0.05) is 0 Å². The first-order valence-electron chi connectivity index (χ1n) is 10.7. The molecule has 3 rings (SSSR count). The molecule has 0 aromatic heterocycles. The van der Waals surface area contributed by atoms with Crippen LogP contribution in [0.25, 0.3) is 0 Å². The molecule has 3 saturated heterocycles. The summed E-state index contributed by atoms with van der Waals surface area (Å²) in [6, 6.07) is -0.924. The first kappa shape index (κ1) is 26.6. The van der Waals surface area contributed by atoms with E-state index in [1.54, 1.807) is 0 Å². The van der Waals surface area contributed by atoms with Crippen molar-refractivity contribution in [1.82, 2.24) is 4.90 Å². The van der Waals surface area contributed by atoms with Gasteiger partial charge in [0.15, 0.2) is 12.6 Å². The van der Waals surface area contributed by atoms with Gasteiger partial charge in [0.1, 0.15) is 48.8 Å². The summed E-state index contributed by atoms with van der Waals surface area (Å²) in [6.45, 7) is 1.32. The molecular formula is C19H33NO13. The zero-order chi connectivity index (χ0) is 24.6. The molecule has 13 atom stereocenters. The lowest BCUT2D eigenvalue weighted by molar-refractivity contribution is -0.362. The number of hydrogen-bond acceptors (Lipinski definition) is 13. The van der Waals surface area contributed by atoms with Crippen LogP contribution in [0.5, 0.6) is 0 Å². The fourth-order valence-corrected chi connectivity index (χ4v) is 4.39. The first-order valence-corrected chi connectivity index (χ1v) is 10.7. The standard InChI is InChI=1S/C19H33NO13/c1-6-11(25)12(26)14(28)18(30-6)33-17-10(5-22)31-19(15(29)13(17)27)32-16-8(4-21)20(7(2)23)3-9(16)24/h6,8-19,21-22,24-29H,3-5H2,1-2H3/t6-,8-,9-,10-,11-,12+,13-,14-,15-,16-,17-,18+,19-/m1/s1. The highest BCUT2D eigenvalue weighted by Gasteiger charge is 2.52. The van der Waals surface area contributed by atoms with Gasteiger partial charge in [-0.3, -0.25) is 4.79 Å². The summed E-state index contributed by atoms with van der Waals surface area (Å²) in [5, 5.41) is 80.8. The molecule has 14 nitrogen and oxygen atoms in total. The highest BCUT2D eigenvalue weighted by atomic mass is 16.7. The molecular weight excluding hydrogens is 450 g/mol. The molecule has 0 bridgehead atoms. The van der Waals surface area contributed by atoms with E-state index in [9.17, 15) is 45.6 Å². The number of aliphatic hydroxyl groups excluding tert-OH is 8. The molecule has 14 heteroatoms. The van der Waals surface area contributed by atoms with Gasteiger partial charge in [0, 0.05) is 13.5 Å². The van der Waals surface area contributed by atoms with Crippen LogP contribution in [0, 0.1) is 0 Å². The summed E-state index contributed by atoms with van der Waals surface area (Å²) in [5.74, 6) is -0.404. The third-order valence-corrected chi connectivity index (χ3v) is 6.35. The van der Waals surface area contributed by atoms with Gasteiger partial charge in [-0.2, -0.15) is 0 Å². The Morgan fingerprint density at radius 2 is 1.42 bits per heavy atom. The second-order valence-corrected chi connectivity index (χ2v) is 8.58. The number of amides is 1. The van der Waals surface area contributed by atoms with Crippen molar-refractivity contribution in [2.75, 3.05) is 19.8 Å². The van der Waals surface area contributed by atoms with Crippen molar-refractivity contribution in [3.63, 3.8) is 0 Å². The maximum atomic E-state index is 11.8. The minimum absolute atomic E-state index is 0.116. The zero-order valence-electron chi connectivity index (χ0n) is 18.2. The molecule has 0 aliphatic carbocycles. The number of hydrogen-bond donors (Lipinski definition) is 8. The SMILES string of the molecule is CC(=O)N1C[C@@H](O)[C@H](O[C@H]2O[C@H](CO)[C@@H](O[C@@H]3O[C@H](C)[C@@H](O)[C@H](O)[C@H]3O)[C@H](O)[C@H]2O)[C@H]1CO. The summed E-state index contributed by atoms with van der Waals surface area (Å²) < 4.78 is 22.0. The molecule has 33 heavy (non-hydrogen) atoms. The molecule has 192 valence electrons. The van der Waals surface area contributed by atoms with E-state index in [0.29, 0.717) is 0 Å². The van der Waals surface area contributed by atoms with E-state index in [2.05, 4.69) is 0 Å². The van der Waals surface area contributed by atoms with Gasteiger partial charge in [0.2, 0.25) is 5.91 Å². The number of aliphatic hydroxyl groups is 8. The second-order valence-electron chi connectivity index (χ2n) is 8.58. The third kappa shape index (κ3) is 5.17. The fourth-order valence-electron chi connectivity index (χ4n) is 4.39. The number of nitrogens with zero attached hydrogens (tertiary/aromatic N) is 1. The molecule has 8 N–H and O–H groups in total. The Morgan fingerprint density at radius 3 is 2.00 bits per heavy atom. The maximum absolute atomic E-state index is 11.8. The minimum atomic E-state index is -1.76. The Balaban J connectivity index is 1.71. The van der Waals surface area contributed by atoms with Crippen molar-refractivity contribution >= 4 is 5.91 Å². The number of likely N-dealkylation sites (tertiary alicyclic amines) is 1. The highest BCUT2D eigenvalue weighted by Crippen LogP contribution is 2.32. The Bertz CT molecular complexity index is 668. The molecule has 0 radical (unpaired) electrons. The lowest BCUT2D eigenvalue weighted by Gasteiger charge is -2.46. The van der Waals surface area contributed by atoms with Gasteiger partial charge in [-0.15, -0.1) is 0 Å². The number of ether oxygens (including phenoxy) is 4. The van der Waals surface area contributed by atoms with E-state index in [1.807, 2.05) is 0 Å². The lowest BCUT2D eigenvalue weighted by Crippen LogP contribution is -2.64. The van der Waals surface area contributed by atoms with Crippen LogP contribution in [-0.2, 0) is 23.7 Å². The van der Waals surface area contributed by atoms with Crippen LogP contribution in [0.2, 0.25) is 0 Å². The fraction of sp³-hybridized carbons (Fsp3) is 0.947. The van der Waals surface area contributed by atoms with E-state index in [4.69, 9.17) is 18.9 Å².